The molecule has 0 aliphatic heterocycles. The van der Waals surface area contributed by atoms with Crippen molar-refractivity contribution in [3.05, 3.63) is 342 Å². The fourth-order valence-corrected chi connectivity index (χ4v) is 44.7. The van der Waals surface area contributed by atoms with E-state index in [0.29, 0.717) is 66.7 Å². The van der Waals surface area contributed by atoms with Crippen molar-refractivity contribution >= 4 is 244 Å². The molecular formula is C112H101Br2KO13S9Sn. The molecule has 3 N–H and O–H groups in total. The summed E-state index contributed by atoms with van der Waals surface area (Å²) < 4.78 is 19.5. The number of aryl methyl sites for hydroxylation is 6. The number of unbranched alkanes of at least 4 members (excludes halogenated alkanes) is 3. The van der Waals surface area contributed by atoms with E-state index in [2.05, 4.69) is 170 Å². The summed E-state index contributed by atoms with van der Waals surface area (Å²) in [6.45, 7) is 27.7. The number of carbonyl (C=O) groups is 6. The number of fused-ring (bicyclic) bond motifs is 12. The number of ether oxygens (including phenoxy) is 2. The van der Waals surface area contributed by atoms with E-state index < -0.39 is 36.3 Å². The summed E-state index contributed by atoms with van der Waals surface area (Å²) in [4.78, 5) is 98.2. The Morgan fingerprint density at radius 3 is 1.05 bits per heavy atom. The Hall–Kier alpha value is -8.50. The van der Waals surface area contributed by atoms with Crippen LogP contribution in [0.15, 0.2) is 233 Å². The zero-order chi connectivity index (χ0) is 96.7. The Morgan fingerprint density at radius 1 is 0.355 bits per heavy atom. The molecule has 18 aromatic rings. The molecule has 0 fully saturated rings. The van der Waals surface area contributed by atoms with Gasteiger partial charge < -0.3 is 25.2 Å². The van der Waals surface area contributed by atoms with Crippen LogP contribution in [0.2, 0.25) is 13.3 Å². The topological polar surface area (TPSA) is 225 Å². The van der Waals surface area contributed by atoms with E-state index in [1.165, 1.54) is 201 Å². The van der Waals surface area contributed by atoms with Gasteiger partial charge in [0.25, 0.3) is 0 Å². The molecule has 0 radical (unpaired) electrons. The first-order chi connectivity index (χ1) is 65.5. The van der Waals surface area contributed by atoms with Crippen LogP contribution in [-0.2, 0) is 9.47 Å². The number of halogens is 2. The fourth-order valence-electron chi connectivity index (χ4n) is 18.8. The number of carbonyl (C=O) groups excluding carboxylic acids is 4. The molecule has 2 aliphatic carbocycles. The Morgan fingerprint density at radius 2 is 0.696 bits per heavy atom. The zero-order valence-corrected chi connectivity index (χ0v) is 95.5. The van der Waals surface area contributed by atoms with E-state index in [9.17, 15) is 48.6 Å². The fraction of sp³-hybridized carbons (Fsp3) is 0.214. The molecule has 9 aromatic heterocycles. The molecule has 20 rings (SSSR count). The van der Waals surface area contributed by atoms with Gasteiger partial charge in [-0.05, 0) is 369 Å². The average molecular weight is 2260 g/mol. The molecule has 9 aromatic carbocycles. The van der Waals surface area contributed by atoms with Gasteiger partial charge in [-0.1, -0.05) is 51.3 Å². The number of thiophene rings is 9. The second-order valence-electron chi connectivity index (χ2n) is 34.0. The van der Waals surface area contributed by atoms with Crippen LogP contribution in [-0.4, -0.2) is 82.7 Å². The number of hydrogen-bond donors (Lipinski definition) is 2. The van der Waals surface area contributed by atoms with Crippen LogP contribution in [0.5, 0.6) is 0 Å². The van der Waals surface area contributed by atoms with Crippen LogP contribution in [0, 0.1) is 41.5 Å². The van der Waals surface area contributed by atoms with Crippen LogP contribution in [0.4, 0.5) is 0 Å². The number of carboxylic acid groups (broad SMARTS) is 2. The van der Waals surface area contributed by atoms with Crippen LogP contribution in [0.1, 0.15) is 203 Å². The van der Waals surface area contributed by atoms with Crippen LogP contribution >= 0.6 is 134 Å². The first-order valence-corrected chi connectivity index (χ1v) is 62.3. The number of Topliss-reactive ketones (excluding diaryl/α,β-unsaturated/α-hetero) is 2. The minimum atomic E-state index is -2.02. The summed E-state index contributed by atoms with van der Waals surface area (Å²) in [6.07, 6.45) is 8.54. The van der Waals surface area contributed by atoms with Gasteiger partial charge in [-0.15, -0.1) is 45.3 Å². The molecular weight excluding hydrogens is 2160 g/mol. The normalized spacial score (nSPS) is 11.5. The van der Waals surface area contributed by atoms with Crippen LogP contribution < -0.4 is 76.3 Å². The van der Waals surface area contributed by atoms with Gasteiger partial charge in [0.1, 0.15) is 0 Å². The molecule has 0 atom stereocenters. The molecule has 0 bridgehead atoms. The van der Waals surface area contributed by atoms with Crippen molar-refractivity contribution in [3.63, 3.8) is 0 Å². The molecule has 0 saturated heterocycles. The molecule has 0 unspecified atom stereocenters. The largest absolute Gasteiger partial charge is 1.00 e. The number of hydrogen-bond acceptors (Lipinski definition) is 20. The van der Waals surface area contributed by atoms with Gasteiger partial charge in [0.15, 0.2) is 11.6 Å². The summed E-state index contributed by atoms with van der Waals surface area (Å²) in [5.74, 6) is -3.02. The third kappa shape index (κ3) is 22.4. The van der Waals surface area contributed by atoms with E-state index in [1.54, 1.807) is 97.8 Å². The average Bonchev–Trinajstić information content (AvgIpc) is 1.54. The van der Waals surface area contributed by atoms with Crippen LogP contribution in [0.25, 0.3) is 120 Å². The molecule has 138 heavy (non-hydrogen) atoms. The van der Waals surface area contributed by atoms with Crippen molar-refractivity contribution in [3.8, 4) is 66.8 Å². The molecule has 0 saturated carbocycles. The van der Waals surface area contributed by atoms with Gasteiger partial charge in [-0.2, -0.15) is 45.3 Å². The standard InChI is InChI=1S/C34H28S2.C19H16O3S2.C16H10O4S2.C16H6O2S2.C11H10Br2O3.C4H3S.3C4H9.K.H2O.Sn/c1-17-11-19(3)29(20(4)12-17)31-27-15-26-24-8-10-36-34(24)32(30-21(5)13-18(2)14-22(30)6)28(26)16-25(27)23-7-9-35-33(23)31;1-3-22-19(21)18-9-16(13-4-6-23-10-13)15(12(2)20)8-17(18)14-5-7-24-11-14;17-15(18)13-6-12(10-2-4-22-8-10)14(16(19)20)5-11(13)9-1-3-21-7-9;17-13-11-6-10-8-2-4-20-16(8)14(18)12(10)5-9(11)7-1-3-19-15(7)13;1-3-16-11(15)8-5-9(12)7(6(2)14)4-10(8)13;1-2-4-5-3-1;3*1-3-4-2;;;/h7-16H,1-6H3;4-11H,3H2,1-2H3;1-8H,(H,17,18)(H,19,20);1-6H;4-5H,3H2,1-2H3;1,3-4H;3*1,3-4H2,2H3;;1H2;/q;;;;;;;;;+1;;/p-1. The number of rotatable bonds is 24. The molecule has 9 heterocycles. The van der Waals surface area contributed by atoms with E-state index in [-0.39, 0.29) is 96.4 Å². The number of benzene rings is 7. The summed E-state index contributed by atoms with van der Waals surface area (Å²) in [5.41, 5.74) is 27.3. The third-order valence-corrected chi connectivity index (χ3v) is 49.6. The Labute approximate surface area is 902 Å². The predicted octanol–water partition coefficient (Wildman–Crippen LogP) is 28.4. The molecule has 0 amide bonds. The number of carboxylic acids is 2. The van der Waals surface area contributed by atoms with Crippen molar-refractivity contribution in [1.82, 2.24) is 0 Å². The van der Waals surface area contributed by atoms with Gasteiger partial charge in [0.05, 0.1) is 44.9 Å². The van der Waals surface area contributed by atoms with E-state index in [4.69, 9.17) is 9.47 Å². The van der Waals surface area contributed by atoms with Crippen molar-refractivity contribution < 1.29 is 105 Å². The summed E-state index contributed by atoms with van der Waals surface area (Å²) in [7, 11) is 0. The Balaban J connectivity index is 0.000000143. The van der Waals surface area contributed by atoms with E-state index in [0.717, 1.165) is 64.0 Å². The number of ketones is 2. The maximum atomic E-state index is 12.5. The smallest absolute Gasteiger partial charge is 0.870 e. The molecule has 13 nitrogen and oxygen atoms in total. The van der Waals surface area contributed by atoms with Crippen molar-refractivity contribution in [2.24, 2.45) is 0 Å². The summed E-state index contributed by atoms with van der Waals surface area (Å²) in [5, 5.41) is 55.2. The van der Waals surface area contributed by atoms with Gasteiger partial charge in [-0.3, -0.25) is 19.2 Å². The minimum absolute atomic E-state index is 0. The first kappa shape index (κ1) is 107. The molecule has 0 spiro atoms. The molecule has 2 aliphatic rings. The van der Waals surface area contributed by atoms with E-state index >= 15 is 0 Å². The zero-order valence-electron chi connectivity index (χ0n) is 79.0. The Bertz CT molecular complexity index is 7420. The number of aromatic carboxylic acids is 2. The third-order valence-electron chi connectivity index (χ3n) is 25.0. The first-order valence-electron chi connectivity index (χ1n) is 45.0. The van der Waals surface area contributed by atoms with Gasteiger partial charge in [-0.25, -0.2) is 19.2 Å². The van der Waals surface area contributed by atoms with Gasteiger partial charge in [0.2, 0.25) is 10.9 Å². The Kier molecular flexibility index (Phi) is 36.8. The van der Waals surface area contributed by atoms with Crippen molar-refractivity contribution in [1.29, 1.82) is 0 Å². The molecule has 700 valence electrons. The summed E-state index contributed by atoms with van der Waals surface area (Å²) in [6, 6.07) is 46.3. The minimum Gasteiger partial charge on any atom is -0.870 e. The van der Waals surface area contributed by atoms with Gasteiger partial charge >= 0.3 is 198 Å². The van der Waals surface area contributed by atoms with E-state index in [1.807, 2.05) is 123 Å². The second kappa shape index (κ2) is 47.6. The molecule has 26 heteroatoms. The second-order valence-corrected chi connectivity index (χ2v) is 56.5. The number of esters is 2. The maximum Gasteiger partial charge on any atom is 1.00 e. The van der Waals surface area contributed by atoms with Crippen molar-refractivity contribution in [2.75, 3.05) is 13.2 Å². The maximum absolute atomic E-state index is 12.5. The van der Waals surface area contributed by atoms with Crippen molar-refractivity contribution in [2.45, 2.75) is 142 Å². The SMILES string of the molecule is CCC[CH2][Sn]([CH2]CCC)([CH2]CCC)[c]1ccsc1.CCOC(=O)c1cc(-c2ccsc2)c(C(C)=O)cc1-c1ccsc1.CCOC(=O)c1cc(Br)c(C(C)=O)cc1Br.Cc1cc(C)c(C2=c3cc4c(cc3-c3ccsc32)=C(c2c(C)cc(C)cc2C)c2sccc2-4)c(C)c1.O=C(O)c1cc(-c2ccsc2)c(C(=O)O)cc1-c1ccsc1.O=c1c2cc3c(cc2c2ccsc12)c(=O)c1sccc13.[K+].[OH-]. The van der Waals surface area contributed by atoms with Crippen LogP contribution in [0.3, 0.4) is 0 Å². The quantitative estimate of drug-likeness (QED) is 0.0326. The van der Waals surface area contributed by atoms with Gasteiger partial charge in [0, 0.05) is 73.6 Å². The predicted molar refractivity (Wildman–Crippen MR) is 589 cm³/mol. The summed E-state index contributed by atoms with van der Waals surface area (Å²) >= 11 is 19.1. The monoisotopic (exact) mass is 2260 g/mol.